The molecule has 0 spiro atoms. The maximum atomic E-state index is 12.0. The number of unbranched alkanes of at least 4 members (excludes halogenated alkanes) is 4. The molecule has 2 aromatic rings. The Labute approximate surface area is 157 Å². The molecule has 0 aliphatic heterocycles. The summed E-state index contributed by atoms with van der Waals surface area (Å²) in [5.74, 6) is 0.811. The second-order valence-corrected chi connectivity index (χ2v) is 6.41. The van der Waals surface area contributed by atoms with Crippen molar-refractivity contribution in [3.05, 3.63) is 60.2 Å². The van der Waals surface area contributed by atoms with Gasteiger partial charge in [0.2, 0.25) is 5.91 Å². The van der Waals surface area contributed by atoms with Crippen molar-refractivity contribution in [3.63, 3.8) is 0 Å². The van der Waals surface area contributed by atoms with E-state index in [1.54, 1.807) is 0 Å². The molecular formula is C22H30N2O2. The van der Waals surface area contributed by atoms with Gasteiger partial charge in [0.15, 0.2) is 0 Å². The molecule has 140 valence electrons. The Morgan fingerprint density at radius 2 is 1.77 bits per heavy atom. The van der Waals surface area contributed by atoms with Gasteiger partial charge >= 0.3 is 0 Å². The summed E-state index contributed by atoms with van der Waals surface area (Å²) in [6.45, 7) is 3.75. The predicted molar refractivity (Wildman–Crippen MR) is 107 cm³/mol. The highest BCUT2D eigenvalue weighted by molar-refractivity contribution is 5.80. The van der Waals surface area contributed by atoms with Gasteiger partial charge in [-0.25, -0.2) is 0 Å². The predicted octanol–water partition coefficient (Wildman–Crippen LogP) is 4.76. The molecule has 1 amide bonds. The van der Waals surface area contributed by atoms with Crippen molar-refractivity contribution in [1.29, 1.82) is 0 Å². The summed E-state index contributed by atoms with van der Waals surface area (Å²) in [5, 5.41) is 6.06. The van der Waals surface area contributed by atoms with E-state index < -0.39 is 0 Å². The van der Waals surface area contributed by atoms with Crippen LogP contribution in [0.4, 0.5) is 5.69 Å². The average Bonchev–Trinajstić information content (AvgIpc) is 2.68. The molecule has 2 aromatic carbocycles. The second kappa shape index (κ2) is 12.0. The van der Waals surface area contributed by atoms with E-state index >= 15 is 0 Å². The van der Waals surface area contributed by atoms with Gasteiger partial charge in [-0.3, -0.25) is 4.79 Å². The lowest BCUT2D eigenvalue weighted by atomic mass is 10.2. The highest BCUT2D eigenvalue weighted by Gasteiger charge is 2.02. The number of anilines is 1. The van der Waals surface area contributed by atoms with E-state index in [4.69, 9.17) is 4.74 Å². The fourth-order valence-electron chi connectivity index (χ4n) is 2.63. The van der Waals surface area contributed by atoms with Crippen LogP contribution in [-0.2, 0) is 11.3 Å². The Kier molecular flexibility index (Phi) is 9.12. The van der Waals surface area contributed by atoms with Crippen LogP contribution < -0.4 is 15.4 Å². The zero-order valence-corrected chi connectivity index (χ0v) is 15.7. The third-order valence-electron chi connectivity index (χ3n) is 4.14. The maximum absolute atomic E-state index is 12.0. The van der Waals surface area contributed by atoms with Gasteiger partial charge in [-0.15, -0.1) is 0 Å². The Morgan fingerprint density at radius 1 is 0.962 bits per heavy atom. The molecule has 0 fully saturated rings. The SMILES string of the molecule is CCCCCCCOc1cccc(NCC(=O)NCc2ccccc2)c1. The molecule has 0 heterocycles. The standard InChI is InChI=1S/C22H30N2O2/c1-2-3-4-5-9-15-26-21-14-10-13-20(16-21)23-18-22(25)24-17-19-11-7-6-8-12-19/h6-8,10-14,16,23H,2-5,9,15,17-18H2,1H3,(H,24,25). The van der Waals surface area contributed by atoms with Crippen LogP contribution in [0.25, 0.3) is 0 Å². The number of benzene rings is 2. The number of nitrogens with one attached hydrogen (secondary N) is 2. The van der Waals surface area contributed by atoms with Crippen molar-refractivity contribution in [2.75, 3.05) is 18.5 Å². The fraction of sp³-hybridized carbons (Fsp3) is 0.409. The monoisotopic (exact) mass is 354 g/mol. The Hall–Kier alpha value is -2.49. The topological polar surface area (TPSA) is 50.4 Å². The summed E-state index contributed by atoms with van der Waals surface area (Å²) in [4.78, 5) is 12.0. The van der Waals surface area contributed by atoms with Crippen molar-refractivity contribution in [3.8, 4) is 5.75 Å². The van der Waals surface area contributed by atoms with Crippen molar-refractivity contribution in [2.45, 2.75) is 45.6 Å². The smallest absolute Gasteiger partial charge is 0.239 e. The van der Waals surface area contributed by atoms with Gasteiger partial charge in [-0.05, 0) is 24.1 Å². The molecule has 26 heavy (non-hydrogen) atoms. The first-order chi connectivity index (χ1) is 12.8. The van der Waals surface area contributed by atoms with Crippen molar-refractivity contribution >= 4 is 11.6 Å². The average molecular weight is 354 g/mol. The molecule has 0 unspecified atom stereocenters. The summed E-state index contributed by atoms with van der Waals surface area (Å²) < 4.78 is 5.80. The molecule has 0 saturated heterocycles. The number of carbonyl (C=O) groups excluding carboxylic acids is 1. The molecule has 0 bridgehead atoms. The lowest BCUT2D eigenvalue weighted by Gasteiger charge is -2.10. The number of carbonyl (C=O) groups is 1. The molecular weight excluding hydrogens is 324 g/mol. The van der Waals surface area contributed by atoms with Gasteiger partial charge in [0.25, 0.3) is 0 Å². The summed E-state index contributed by atoms with van der Waals surface area (Å²) in [5.41, 5.74) is 1.98. The summed E-state index contributed by atoms with van der Waals surface area (Å²) in [7, 11) is 0. The molecule has 4 heteroatoms. The van der Waals surface area contributed by atoms with Crippen LogP contribution in [0.1, 0.15) is 44.6 Å². The van der Waals surface area contributed by atoms with Gasteiger partial charge in [-0.1, -0.05) is 69.0 Å². The first-order valence-corrected chi connectivity index (χ1v) is 9.55. The number of rotatable bonds is 12. The summed E-state index contributed by atoms with van der Waals surface area (Å²) >= 11 is 0. The van der Waals surface area contributed by atoms with Gasteiger partial charge in [0.1, 0.15) is 5.75 Å². The lowest BCUT2D eigenvalue weighted by molar-refractivity contribution is -0.119. The van der Waals surface area contributed by atoms with E-state index in [-0.39, 0.29) is 12.5 Å². The van der Waals surface area contributed by atoms with E-state index in [1.165, 1.54) is 25.7 Å². The second-order valence-electron chi connectivity index (χ2n) is 6.41. The minimum Gasteiger partial charge on any atom is -0.494 e. The van der Waals surface area contributed by atoms with Crippen LogP contribution in [0.15, 0.2) is 54.6 Å². The first kappa shape index (κ1) is 19.8. The Bertz CT molecular complexity index is 644. The van der Waals surface area contributed by atoms with E-state index in [9.17, 15) is 4.79 Å². The van der Waals surface area contributed by atoms with Crippen LogP contribution in [-0.4, -0.2) is 19.1 Å². The zero-order chi connectivity index (χ0) is 18.5. The van der Waals surface area contributed by atoms with Crippen LogP contribution in [0.2, 0.25) is 0 Å². The Morgan fingerprint density at radius 3 is 2.58 bits per heavy atom. The molecule has 0 aromatic heterocycles. The molecule has 0 radical (unpaired) electrons. The van der Waals surface area contributed by atoms with Crippen molar-refractivity contribution < 1.29 is 9.53 Å². The van der Waals surface area contributed by atoms with Gasteiger partial charge in [0.05, 0.1) is 13.2 Å². The fourth-order valence-corrected chi connectivity index (χ4v) is 2.63. The largest absolute Gasteiger partial charge is 0.494 e. The van der Waals surface area contributed by atoms with Gasteiger partial charge < -0.3 is 15.4 Å². The number of ether oxygens (including phenoxy) is 1. The van der Waals surface area contributed by atoms with Gasteiger partial charge in [-0.2, -0.15) is 0 Å². The summed E-state index contributed by atoms with van der Waals surface area (Å²) in [6, 6.07) is 17.7. The minimum absolute atomic E-state index is 0.0314. The molecule has 2 rings (SSSR count). The number of hydrogen-bond acceptors (Lipinski definition) is 3. The quantitative estimate of drug-likeness (QED) is 0.540. The molecule has 4 nitrogen and oxygen atoms in total. The van der Waals surface area contributed by atoms with Crippen LogP contribution in [0.3, 0.4) is 0 Å². The van der Waals surface area contributed by atoms with Crippen LogP contribution >= 0.6 is 0 Å². The highest BCUT2D eigenvalue weighted by atomic mass is 16.5. The number of hydrogen-bond donors (Lipinski definition) is 2. The summed E-state index contributed by atoms with van der Waals surface area (Å²) in [6.07, 6.45) is 6.13. The van der Waals surface area contributed by atoms with Crippen LogP contribution in [0, 0.1) is 0 Å². The third-order valence-corrected chi connectivity index (χ3v) is 4.14. The van der Waals surface area contributed by atoms with Crippen LogP contribution in [0.5, 0.6) is 5.75 Å². The van der Waals surface area contributed by atoms with Gasteiger partial charge in [0, 0.05) is 18.3 Å². The molecule has 0 aliphatic rings. The maximum Gasteiger partial charge on any atom is 0.239 e. The van der Waals surface area contributed by atoms with E-state index in [0.717, 1.165) is 30.0 Å². The van der Waals surface area contributed by atoms with E-state index in [2.05, 4.69) is 17.6 Å². The lowest BCUT2D eigenvalue weighted by Crippen LogP contribution is -2.29. The Balaban J connectivity index is 1.66. The first-order valence-electron chi connectivity index (χ1n) is 9.55. The van der Waals surface area contributed by atoms with Crippen molar-refractivity contribution in [2.24, 2.45) is 0 Å². The number of amides is 1. The van der Waals surface area contributed by atoms with E-state index in [1.807, 2.05) is 54.6 Å². The zero-order valence-electron chi connectivity index (χ0n) is 15.7. The highest BCUT2D eigenvalue weighted by Crippen LogP contribution is 2.17. The third kappa shape index (κ3) is 8.06. The molecule has 0 saturated carbocycles. The van der Waals surface area contributed by atoms with E-state index in [0.29, 0.717) is 6.54 Å². The molecule has 2 N–H and O–H groups in total. The molecule has 0 aliphatic carbocycles. The normalized spacial score (nSPS) is 10.3. The minimum atomic E-state index is -0.0314. The molecule has 0 atom stereocenters. The van der Waals surface area contributed by atoms with Crippen molar-refractivity contribution in [1.82, 2.24) is 5.32 Å².